The van der Waals surface area contributed by atoms with E-state index < -0.39 is 11.8 Å². The largest absolute Gasteiger partial charge is 0.750 e. The standard InChI is InChI=1S/C5H6NO3/c7-4-2-1-3-5(8)6(4)9/h1-3H2/q-1. The molecule has 0 aromatic heterocycles. The van der Waals surface area contributed by atoms with Gasteiger partial charge in [0.2, 0.25) is 11.8 Å². The molecule has 2 amide bonds. The van der Waals surface area contributed by atoms with E-state index in [4.69, 9.17) is 0 Å². The van der Waals surface area contributed by atoms with Gasteiger partial charge in [0.05, 0.1) is 0 Å². The van der Waals surface area contributed by atoms with Gasteiger partial charge in [-0.05, 0) is 6.42 Å². The lowest BCUT2D eigenvalue weighted by Gasteiger charge is -2.29. The Morgan fingerprint density at radius 3 is 2.00 bits per heavy atom. The summed E-state index contributed by atoms with van der Waals surface area (Å²) in [4.78, 5) is 20.8. The number of hydrogen-bond acceptors (Lipinski definition) is 3. The third kappa shape index (κ3) is 1.08. The molecule has 1 saturated heterocycles. The number of piperidine rings is 1. The molecule has 0 spiro atoms. The summed E-state index contributed by atoms with van der Waals surface area (Å²) in [5.74, 6) is -1.21. The Balaban J connectivity index is 2.62. The monoisotopic (exact) mass is 128 g/mol. The molecule has 1 rings (SSSR count). The third-order valence-electron chi connectivity index (χ3n) is 1.23. The molecule has 0 aromatic rings. The first-order chi connectivity index (χ1) is 4.22. The van der Waals surface area contributed by atoms with Crippen molar-refractivity contribution in [2.24, 2.45) is 0 Å². The second-order valence-corrected chi connectivity index (χ2v) is 1.94. The van der Waals surface area contributed by atoms with Crippen molar-refractivity contribution < 1.29 is 9.59 Å². The Bertz CT molecular complexity index is 138. The zero-order valence-corrected chi connectivity index (χ0v) is 4.79. The predicted octanol–water partition coefficient (Wildman–Crippen LogP) is 0.0233. The van der Waals surface area contributed by atoms with Crippen molar-refractivity contribution in [1.82, 2.24) is 5.06 Å². The van der Waals surface area contributed by atoms with Crippen LogP contribution in [0.5, 0.6) is 0 Å². The fraction of sp³-hybridized carbons (Fsp3) is 0.600. The number of nitrogens with zero attached hydrogens (tertiary/aromatic N) is 1. The zero-order chi connectivity index (χ0) is 6.85. The molecule has 0 bridgehead atoms. The summed E-state index contributed by atoms with van der Waals surface area (Å²) >= 11 is 0. The number of hydrogen-bond donors (Lipinski definition) is 0. The molecule has 0 unspecified atom stereocenters. The Morgan fingerprint density at radius 2 is 1.67 bits per heavy atom. The zero-order valence-electron chi connectivity index (χ0n) is 4.79. The molecule has 9 heavy (non-hydrogen) atoms. The number of imide groups is 1. The highest BCUT2D eigenvalue weighted by molar-refractivity contribution is 5.97. The summed E-state index contributed by atoms with van der Waals surface area (Å²) in [6.07, 6.45) is 0.959. The Morgan fingerprint density at radius 1 is 1.22 bits per heavy atom. The van der Waals surface area contributed by atoms with Crippen LogP contribution in [0, 0.1) is 5.21 Å². The Hall–Kier alpha value is -0.900. The second-order valence-electron chi connectivity index (χ2n) is 1.94. The van der Waals surface area contributed by atoms with Gasteiger partial charge in [-0.1, -0.05) is 0 Å². The van der Waals surface area contributed by atoms with Crippen molar-refractivity contribution in [3.05, 3.63) is 5.21 Å². The summed E-state index contributed by atoms with van der Waals surface area (Å²) in [6.45, 7) is 0. The first kappa shape index (κ1) is 6.22. The summed E-state index contributed by atoms with van der Waals surface area (Å²) in [6, 6.07) is 0. The molecule has 0 aromatic carbocycles. The summed E-state index contributed by atoms with van der Waals surface area (Å²) in [7, 11) is 0. The maximum Gasteiger partial charge on any atom is 0.218 e. The minimum Gasteiger partial charge on any atom is -0.750 e. The Labute approximate surface area is 52.0 Å². The molecule has 1 aliphatic heterocycles. The minimum absolute atomic E-state index is 0.0521. The van der Waals surface area contributed by atoms with Gasteiger partial charge in [-0.2, -0.15) is 0 Å². The maximum atomic E-state index is 10.4. The van der Waals surface area contributed by atoms with E-state index in [9.17, 15) is 14.8 Å². The van der Waals surface area contributed by atoms with Gasteiger partial charge in [0.1, 0.15) is 0 Å². The fourth-order valence-electron chi connectivity index (χ4n) is 0.733. The van der Waals surface area contributed by atoms with Gasteiger partial charge in [0, 0.05) is 12.8 Å². The first-order valence-electron chi connectivity index (χ1n) is 2.75. The fourth-order valence-corrected chi connectivity index (χ4v) is 0.733. The van der Waals surface area contributed by atoms with Crippen molar-refractivity contribution in [3.8, 4) is 0 Å². The van der Waals surface area contributed by atoms with Gasteiger partial charge in [-0.3, -0.25) is 9.59 Å². The molecule has 4 nitrogen and oxygen atoms in total. The number of hydroxylamine groups is 2. The van der Waals surface area contributed by atoms with Gasteiger partial charge in [-0.25, -0.2) is 0 Å². The molecule has 0 aliphatic carbocycles. The van der Waals surface area contributed by atoms with Crippen LogP contribution in [-0.4, -0.2) is 16.9 Å². The molecule has 0 saturated carbocycles. The van der Waals surface area contributed by atoms with Gasteiger partial charge >= 0.3 is 0 Å². The molecule has 1 heterocycles. The van der Waals surface area contributed by atoms with Gasteiger partial charge in [0.25, 0.3) is 0 Å². The highest BCUT2D eigenvalue weighted by Gasteiger charge is 2.17. The molecule has 0 radical (unpaired) electrons. The average Bonchev–Trinajstić information content (AvgIpc) is 1.83. The molecule has 4 heteroatoms. The summed E-state index contributed by atoms with van der Waals surface area (Å²) in [5.41, 5.74) is 0. The first-order valence-corrected chi connectivity index (χ1v) is 2.75. The van der Waals surface area contributed by atoms with Crippen molar-refractivity contribution in [1.29, 1.82) is 0 Å². The van der Waals surface area contributed by atoms with Crippen LogP contribution in [0.15, 0.2) is 0 Å². The summed E-state index contributed by atoms with van der Waals surface area (Å²) < 4.78 is 0. The van der Waals surface area contributed by atoms with Crippen LogP contribution >= 0.6 is 0 Å². The van der Waals surface area contributed by atoms with Crippen LogP contribution in [0.1, 0.15) is 19.3 Å². The molecule has 0 atom stereocenters. The van der Waals surface area contributed by atoms with Crippen LogP contribution < -0.4 is 0 Å². The van der Waals surface area contributed by atoms with E-state index >= 15 is 0 Å². The van der Waals surface area contributed by atoms with Crippen LogP contribution in [0.4, 0.5) is 0 Å². The lowest BCUT2D eigenvalue weighted by molar-refractivity contribution is -0.144. The summed E-state index contributed by atoms with van der Waals surface area (Å²) in [5, 5.41) is 10.3. The average molecular weight is 128 g/mol. The SMILES string of the molecule is O=C1CCCC(=O)N1[O-]. The van der Waals surface area contributed by atoms with E-state index in [1.54, 1.807) is 0 Å². The lowest BCUT2D eigenvalue weighted by atomic mass is 10.1. The van der Waals surface area contributed by atoms with E-state index in [1.165, 1.54) is 0 Å². The van der Waals surface area contributed by atoms with Crippen LogP contribution in [-0.2, 0) is 9.59 Å². The number of carbonyl (C=O) groups excluding carboxylic acids is 2. The van der Waals surface area contributed by atoms with E-state index in [-0.39, 0.29) is 17.9 Å². The highest BCUT2D eigenvalue weighted by atomic mass is 16.5. The third-order valence-corrected chi connectivity index (χ3v) is 1.23. The van der Waals surface area contributed by atoms with Crippen LogP contribution in [0.3, 0.4) is 0 Å². The van der Waals surface area contributed by atoms with E-state index in [0.29, 0.717) is 6.42 Å². The number of rotatable bonds is 0. The smallest absolute Gasteiger partial charge is 0.218 e. The topological polar surface area (TPSA) is 60.4 Å². The molecule has 0 N–H and O–H groups in total. The molecular formula is C5H6NO3-. The van der Waals surface area contributed by atoms with E-state index in [2.05, 4.69) is 0 Å². The maximum absolute atomic E-state index is 10.4. The quantitative estimate of drug-likeness (QED) is 0.432. The van der Waals surface area contributed by atoms with Crippen molar-refractivity contribution in [2.75, 3.05) is 0 Å². The highest BCUT2D eigenvalue weighted by Crippen LogP contribution is 2.09. The second kappa shape index (κ2) is 2.14. The molecular weight excluding hydrogens is 122 g/mol. The predicted molar refractivity (Wildman–Crippen MR) is 29.1 cm³/mol. The van der Waals surface area contributed by atoms with Gasteiger partial charge < -0.3 is 10.3 Å². The van der Waals surface area contributed by atoms with Crippen LogP contribution in [0.25, 0.3) is 0 Å². The number of carbonyl (C=O) groups is 2. The van der Waals surface area contributed by atoms with Crippen molar-refractivity contribution in [3.63, 3.8) is 0 Å². The lowest BCUT2D eigenvalue weighted by Crippen LogP contribution is -2.34. The Kier molecular flexibility index (Phi) is 1.48. The van der Waals surface area contributed by atoms with Crippen molar-refractivity contribution >= 4 is 11.8 Å². The van der Waals surface area contributed by atoms with Gasteiger partial charge in [-0.15, -0.1) is 0 Å². The van der Waals surface area contributed by atoms with E-state index in [0.717, 1.165) is 0 Å². The molecule has 1 fully saturated rings. The van der Waals surface area contributed by atoms with Crippen molar-refractivity contribution in [2.45, 2.75) is 19.3 Å². The normalized spacial score (nSPS) is 20.8. The van der Waals surface area contributed by atoms with Gasteiger partial charge in [0.15, 0.2) is 0 Å². The molecule has 50 valence electrons. The molecule has 1 aliphatic rings. The number of amides is 2. The van der Waals surface area contributed by atoms with Crippen LogP contribution in [0.2, 0.25) is 0 Å². The minimum atomic E-state index is -0.605. The van der Waals surface area contributed by atoms with E-state index in [1.807, 2.05) is 0 Å².